The molecule has 0 fully saturated rings. The van der Waals surface area contributed by atoms with Gasteiger partial charge >= 0.3 is 0 Å². The van der Waals surface area contributed by atoms with Crippen molar-refractivity contribution < 1.29 is 32.3 Å². The average Bonchev–Trinajstić information content (AvgIpc) is 4.27. The molecule has 23 heteroatoms. The van der Waals surface area contributed by atoms with E-state index in [2.05, 4.69) is 71.8 Å². The number of aromatic amines is 2. The van der Waals surface area contributed by atoms with Crippen LogP contribution in [-0.4, -0.2) is 83.2 Å². The summed E-state index contributed by atoms with van der Waals surface area (Å²) in [5, 5.41) is 32.6. The van der Waals surface area contributed by atoms with Crippen molar-refractivity contribution in [3.8, 4) is 22.8 Å². The molecular formula is C49H39F3N16O4. The number of carbonyl (C=O) groups excluding carboxylic acids is 4. The summed E-state index contributed by atoms with van der Waals surface area (Å²) in [7, 11) is 0. The molecule has 0 radical (unpaired) electrons. The van der Waals surface area contributed by atoms with Crippen LogP contribution in [0.25, 0.3) is 34.1 Å². The van der Waals surface area contributed by atoms with Crippen LogP contribution in [0.5, 0.6) is 0 Å². The van der Waals surface area contributed by atoms with E-state index in [9.17, 15) is 32.3 Å². The van der Waals surface area contributed by atoms with E-state index in [1.165, 1.54) is 58.3 Å². The number of nitrogens with zero attached hydrogens (tertiary/aromatic N) is 10. The first-order valence-corrected chi connectivity index (χ1v) is 21.9. The van der Waals surface area contributed by atoms with Crippen LogP contribution in [0.4, 0.5) is 13.2 Å². The SMILES string of the molecule is Cc1cc(CNC(=O)c2cc(C(=O)NCc3ccc(-c4ncn[nH]4)cc3)n3nccc3n2)ccc1F.O=C(NCc1ccc(F)c(F)c1)c1cc(C(=O)NCc2ccc(-c3ncn[nH]3)cc2)n2nccc2n1. The maximum Gasteiger partial charge on any atom is 0.270 e. The molecule has 4 amide bonds. The molecule has 0 atom stereocenters. The van der Waals surface area contributed by atoms with Crippen molar-refractivity contribution in [3.05, 3.63) is 202 Å². The van der Waals surface area contributed by atoms with Gasteiger partial charge < -0.3 is 21.3 Å². The zero-order valence-corrected chi connectivity index (χ0v) is 37.8. The lowest BCUT2D eigenvalue weighted by Crippen LogP contribution is -2.28. The lowest BCUT2D eigenvalue weighted by atomic mass is 10.1. The molecule has 10 rings (SSSR count). The Labute approximate surface area is 405 Å². The molecule has 0 unspecified atom stereocenters. The monoisotopic (exact) mass is 972 g/mol. The lowest BCUT2D eigenvalue weighted by molar-refractivity contribution is 0.0927. The third-order valence-electron chi connectivity index (χ3n) is 11.0. The van der Waals surface area contributed by atoms with Gasteiger partial charge in [0.1, 0.15) is 41.2 Å². The maximum absolute atomic E-state index is 13.5. The Balaban J connectivity index is 0.000000178. The summed E-state index contributed by atoms with van der Waals surface area (Å²) in [5.41, 5.74) is 6.08. The molecule has 0 saturated carbocycles. The highest BCUT2D eigenvalue weighted by molar-refractivity contribution is 5.99. The number of nitrogens with one attached hydrogen (secondary N) is 6. The normalized spacial score (nSPS) is 10.9. The number of hydrogen-bond acceptors (Lipinski definition) is 12. The van der Waals surface area contributed by atoms with Crippen molar-refractivity contribution in [2.24, 2.45) is 0 Å². The van der Waals surface area contributed by atoms with Crippen LogP contribution in [0.1, 0.15) is 69.8 Å². The molecule has 0 aliphatic heterocycles. The molecule has 360 valence electrons. The highest BCUT2D eigenvalue weighted by Crippen LogP contribution is 2.18. The Bertz CT molecular complexity index is 3330. The minimum Gasteiger partial charge on any atom is -0.347 e. The maximum atomic E-state index is 13.5. The highest BCUT2D eigenvalue weighted by atomic mass is 19.2. The van der Waals surface area contributed by atoms with Crippen LogP contribution in [0.3, 0.4) is 0 Å². The van der Waals surface area contributed by atoms with Crippen LogP contribution >= 0.6 is 0 Å². The van der Waals surface area contributed by atoms with Crippen LogP contribution < -0.4 is 21.3 Å². The highest BCUT2D eigenvalue weighted by Gasteiger charge is 2.20. The Morgan fingerprint density at radius 1 is 0.486 bits per heavy atom. The van der Waals surface area contributed by atoms with Gasteiger partial charge in [-0.25, -0.2) is 42.1 Å². The fraction of sp³-hybridized carbons (Fsp3) is 0.102. The minimum atomic E-state index is -1.01. The van der Waals surface area contributed by atoms with Crippen molar-refractivity contribution in [1.29, 1.82) is 0 Å². The summed E-state index contributed by atoms with van der Waals surface area (Å²) < 4.78 is 42.8. The molecule has 72 heavy (non-hydrogen) atoms. The average molecular weight is 973 g/mol. The van der Waals surface area contributed by atoms with Gasteiger partial charge in [0.15, 0.2) is 34.6 Å². The van der Waals surface area contributed by atoms with E-state index < -0.39 is 35.3 Å². The van der Waals surface area contributed by atoms with Crippen LogP contribution in [-0.2, 0) is 26.2 Å². The molecule has 6 heterocycles. The van der Waals surface area contributed by atoms with Gasteiger partial charge in [0.05, 0.1) is 12.4 Å². The molecule has 6 aromatic heterocycles. The van der Waals surface area contributed by atoms with E-state index in [0.29, 0.717) is 34.1 Å². The molecular weight excluding hydrogens is 934 g/mol. The molecule has 10 aromatic rings. The number of aromatic nitrogens is 12. The van der Waals surface area contributed by atoms with Gasteiger partial charge in [-0.1, -0.05) is 66.7 Å². The van der Waals surface area contributed by atoms with E-state index in [0.717, 1.165) is 39.9 Å². The molecule has 20 nitrogen and oxygen atoms in total. The second kappa shape index (κ2) is 21.2. The number of amides is 4. The van der Waals surface area contributed by atoms with E-state index in [-0.39, 0.29) is 54.8 Å². The Morgan fingerprint density at radius 3 is 1.33 bits per heavy atom. The Morgan fingerprint density at radius 2 is 0.903 bits per heavy atom. The molecule has 0 aliphatic carbocycles. The number of rotatable bonds is 14. The van der Waals surface area contributed by atoms with Crippen molar-refractivity contribution in [2.45, 2.75) is 33.1 Å². The molecule has 0 bridgehead atoms. The minimum absolute atomic E-state index is 0.0212. The second-order valence-corrected chi connectivity index (χ2v) is 15.9. The number of benzene rings is 4. The number of fused-ring (bicyclic) bond motifs is 2. The van der Waals surface area contributed by atoms with Gasteiger partial charge in [0.2, 0.25) is 0 Å². The van der Waals surface area contributed by atoms with E-state index in [1.54, 1.807) is 31.2 Å². The van der Waals surface area contributed by atoms with Crippen molar-refractivity contribution in [1.82, 2.24) is 80.8 Å². The first kappa shape index (κ1) is 47.1. The van der Waals surface area contributed by atoms with Gasteiger partial charge in [-0.3, -0.25) is 29.4 Å². The smallest absolute Gasteiger partial charge is 0.270 e. The predicted octanol–water partition coefficient (Wildman–Crippen LogP) is 5.47. The summed E-state index contributed by atoms with van der Waals surface area (Å²) >= 11 is 0. The molecule has 4 aromatic carbocycles. The van der Waals surface area contributed by atoms with Gasteiger partial charge in [0.25, 0.3) is 23.6 Å². The molecule has 0 aliphatic rings. The fourth-order valence-electron chi connectivity index (χ4n) is 7.19. The summed E-state index contributed by atoms with van der Waals surface area (Å²) in [4.78, 5) is 68.2. The summed E-state index contributed by atoms with van der Waals surface area (Å²) in [6, 6.07) is 28.8. The van der Waals surface area contributed by atoms with Gasteiger partial charge in [0, 0.05) is 61.6 Å². The largest absolute Gasteiger partial charge is 0.347 e. The third kappa shape index (κ3) is 11.0. The van der Waals surface area contributed by atoms with Crippen LogP contribution in [0.2, 0.25) is 0 Å². The number of halogens is 3. The third-order valence-corrected chi connectivity index (χ3v) is 11.0. The van der Waals surface area contributed by atoms with Crippen molar-refractivity contribution in [3.63, 3.8) is 0 Å². The van der Waals surface area contributed by atoms with Crippen LogP contribution in [0, 0.1) is 24.4 Å². The van der Waals surface area contributed by atoms with E-state index in [1.807, 2.05) is 48.5 Å². The van der Waals surface area contributed by atoms with Gasteiger partial charge in [-0.15, -0.1) is 0 Å². The second-order valence-electron chi connectivity index (χ2n) is 15.9. The Hall–Kier alpha value is -9.93. The summed E-state index contributed by atoms with van der Waals surface area (Å²) in [5.74, 6) is -2.90. The van der Waals surface area contributed by atoms with Gasteiger partial charge in [-0.2, -0.15) is 20.4 Å². The van der Waals surface area contributed by atoms with Crippen molar-refractivity contribution >= 4 is 34.9 Å². The zero-order chi connectivity index (χ0) is 50.1. The molecule has 6 N–H and O–H groups in total. The quantitative estimate of drug-likeness (QED) is 0.0793. The number of H-pyrrole nitrogens is 2. The standard InChI is InChI=1S/C25H21FN8O2.C24H18F2N8O2/c1-15-10-17(4-7-19(15)26)13-27-24(35)20-11-21(34-22(32-20)8-9-31-34)25(36)28-12-16-2-5-18(6-3-16)23-29-14-30-33-23;25-17-6-3-15(9-18(17)26)12-27-23(35)19-10-20(34-21(32-19)7-8-31-34)24(36)28-11-14-1-4-16(5-2-14)22-29-13-30-33-22/h2-11,14H,12-13H2,1H3,(H,27,35)(H,28,36)(H,29,30,33);1-10,13H,11-12H2,(H,27,35)(H,28,36)(H,29,30,33). The van der Waals surface area contributed by atoms with Gasteiger partial charge in [-0.05, 0) is 52.9 Å². The summed E-state index contributed by atoms with van der Waals surface area (Å²) in [6.45, 7) is 2.31. The number of carbonyl (C=O) groups is 4. The molecule has 0 spiro atoms. The van der Waals surface area contributed by atoms with E-state index in [4.69, 9.17) is 0 Å². The first-order chi connectivity index (χ1) is 34.9. The number of hydrogen-bond donors (Lipinski definition) is 6. The summed E-state index contributed by atoms with van der Waals surface area (Å²) in [6.07, 6.45) is 5.83. The molecule has 0 saturated heterocycles. The first-order valence-electron chi connectivity index (χ1n) is 21.9. The fourth-order valence-corrected chi connectivity index (χ4v) is 7.19. The van der Waals surface area contributed by atoms with Crippen molar-refractivity contribution in [2.75, 3.05) is 0 Å². The zero-order valence-electron chi connectivity index (χ0n) is 37.8. The lowest BCUT2D eigenvalue weighted by Gasteiger charge is -2.10. The van der Waals surface area contributed by atoms with Crippen LogP contribution in [0.15, 0.2) is 134 Å². The number of aryl methyl sites for hydroxylation is 1. The predicted molar refractivity (Wildman–Crippen MR) is 252 cm³/mol. The topological polar surface area (TPSA) is 260 Å². The van der Waals surface area contributed by atoms with E-state index >= 15 is 0 Å². The Kier molecular flexibility index (Phi) is 13.9.